The van der Waals surface area contributed by atoms with E-state index in [0.717, 1.165) is 16.9 Å². The molecule has 1 N–H and O–H groups in total. The second-order valence-electron chi connectivity index (χ2n) is 5.77. The van der Waals surface area contributed by atoms with E-state index in [2.05, 4.69) is 48.2 Å². The lowest BCUT2D eigenvalue weighted by molar-refractivity contribution is 0.112. The fraction of sp³-hybridized carbons (Fsp3) is 0.0952. The summed E-state index contributed by atoms with van der Waals surface area (Å²) in [6, 6.07) is 23.5. The predicted octanol–water partition coefficient (Wildman–Crippen LogP) is 4.85. The number of aldehydes is 1. The standard InChI is InChI=1S/C21H19NO2/c1-16-7-10-19(11-8-16)22(14-17-5-3-2-4-6-17)20-12-9-18(15-23)21(24)13-20/h2-13,15,24H,14H2,1H3. The van der Waals surface area contributed by atoms with E-state index in [1.54, 1.807) is 12.1 Å². The molecule has 120 valence electrons. The van der Waals surface area contributed by atoms with Crippen LogP contribution in [0.3, 0.4) is 0 Å². The molecule has 3 rings (SSSR count). The van der Waals surface area contributed by atoms with Gasteiger partial charge in [0, 0.05) is 24.0 Å². The predicted molar refractivity (Wildman–Crippen MR) is 97.0 cm³/mol. The number of nitrogens with zero attached hydrogens (tertiary/aromatic N) is 1. The summed E-state index contributed by atoms with van der Waals surface area (Å²) in [5.74, 6) is -0.00678. The molecule has 0 spiro atoms. The Labute approximate surface area is 141 Å². The minimum Gasteiger partial charge on any atom is -0.507 e. The van der Waals surface area contributed by atoms with Crippen LogP contribution >= 0.6 is 0 Å². The highest BCUT2D eigenvalue weighted by Gasteiger charge is 2.12. The number of phenols is 1. The Kier molecular flexibility index (Phi) is 4.62. The van der Waals surface area contributed by atoms with Crippen LogP contribution in [0.15, 0.2) is 72.8 Å². The van der Waals surface area contributed by atoms with Crippen molar-refractivity contribution in [2.45, 2.75) is 13.5 Å². The first kappa shape index (κ1) is 15.8. The van der Waals surface area contributed by atoms with Crippen LogP contribution in [-0.4, -0.2) is 11.4 Å². The van der Waals surface area contributed by atoms with E-state index < -0.39 is 0 Å². The van der Waals surface area contributed by atoms with Crippen molar-refractivity contribution < 1.29 is 9.90 Å². The number of hydrogen-bond donors (Lipinski definition) is 1. The van der Waals surface area contributed by atoms with Crippen LogP contribution in [0, 0.1) is 6.92 Å². The number of anilines is 2. The highest BCUT2D eigenvalue weighted by molar-refractivity contribution is 5.81. The molecule has 0 radical (unpaired) electrons. The Morgan fingerprint density at radius 1 is 0.917 bits per heavy atom. The van der Waals surface area contributed by atoms with Crippen molar-refractivity contribution in [2.24, 2.45) is 0 Å². The Hall–Kier alpha value is -3.07. The largest absolute Gasteiger partial charge is 0.507 e. The maximum atomic E-state index is 10.9. The number of aromatic hydroxyl groups is 1. The number of benzene rings is 3. The van der Waals surface area contributed by atoms with Crippen LogP contribution < -0.4 is 4.90 Å². The van der Waals surface area contributed by atoms with Crippen LogP contribution in [-0.2, 0) is 6.54 Å². The summed E-state index contributed by atoms with van der Waals surface area (Å²) in [4.78, 5) is 13.0. The first-order valence-corrected chi connectivity index (χ1v) is 7.84. The third kappa shape index (κ3) is 3.46. The summed E-state index contributed by atoms with van der Waals surface area (Å²) < 4.78 is 0. The zero-order valence-electron chi connectivity index (χ0n) is 13.5. The molecule has 3 heteroatoms. The van der Waals surface area contributed by atoms with E-state index in [4.69, 9.17) is 0 Å². The highest BCUT2D eigenvalue weighted by atomic mass is 16.3. The van der Waals surface area contributed by atoms with Crippen molar-refractivity contribution in [1.82, 2.24) is 0 Å². The van der Waals surface area contributed by atoms with Crippen LogP contribution in [0.25, 0.3) is 0 Å². The van der Waals surface area contributed by atoms with Gasteiger partial charge < -0.3 is 10.0 Å². The van der Waals surface area contributed by atoms with Gasteiger partial charge in [0.2, 0.25) is 0 Å². The molecular weight excluding hydrogens is 298 g/mol. The normalized spacial score (nSPS) is 10.4. The van der Waals surface area contributed by atoms with Gasteiger partial charge in [-0.05, 0) is 36.8 Å². The van der Waals surface area contributed by atoms with Gasteiger partial charge in [-0.25, -0.2) is 0 Å². The molecule has 3 aromatic carbocycles. The molecule has 0 fully saturated rings. The van der Waals surface area contributed by atoms with Gasteiger partial charge in [-0.3, -0.25) is 4.79 Å². The van der Waals surface area contributed by atoms with Crippen molar-refractivity contribution in [3.05, 3.63) is 89.5 Å². The summed E-state index contributed by atoms with van der Waals surface area (Å²) in [7, 11) is 0. The van der Waals surface area contributed by atoms with Gasteiger partial charge in [0.25, 0.3) is 0 Å². The molecule has 0 aliphatic carbocycles. The summed E-state index contributed by atoms with van der Waals surface area (Å²) in [6.45, 7) is 2.72. The van der Waals surface area contributed by atoms with Gasteiger partial charge in [-0.1, -0.05) is 48.0 Å². The minimum atomic E-state index is -0.00678. The maximum absolute atomic E-state index is 10.9. The van der Waals surface area contributed by atoms with Gasteiger partial charge in [-0.15, -0.1) is 0 Å². The van der Waals surface area contributed by atoms with Gasteiger partial charge in [-0.2, -0.15) is 0 Å². The summed E-state index contributed by atoms with van der Waals surface area (Å²) in [5.41, 5.74) is 4.52. The second-order valence-corrected chi connectivity index (χ2v) is 5.77. The average Bonchev–Trinajstić information content (AvgIpc) is 2.61. The first-order valence-electron chi connectivity index (χ1n) is 7.84. The Balaban J connectivity index is 2.02. The van der Waals surface area contributed by atoms with Crippen molar-refractivity contribution in [2.75, 3.05) is 4.90 Å². The lowest BCUT2D eigenvalue weighted by Crippen LogP contribution is -2.16. The lowest BCUT2D eigenvalue weighted by Gasteiger charge is -2.26. The van der Waals surface area contributed by atoms with E-state index in [9.17, 15) is 9.90 Å². The van der Waals surface area contributed by atoms with Gasteiger partial charge in [0.05, 0.1) is 5.56 Å². The molecule has 0 atom stereocenters. The highest BCUT2D eigenvalue weighted by Crippen LogP contribution is 2.31. The van der Waals surface area contributed by atoms with Crippen LogP contribution in [0.2, 0.25) is 0 Å². The molecular formula is C21H19NO2. The Bertz CT molecular complexity index is 826. The molecule has 3 aromatic rings. The van der Waals surface area contributed by atoms with Gasteiger partial charge >= 0.3 is 0 Å². The summed E-state index contributed by atoms with van der Waals surface area (Å²) in [5, 5.41) is 10.0. The molecule has 0 saturated heterocycles. The molecule has 0 bridgehead atoms. The van der Waals surface area contributed by atoms with Gasteiger partial charge in [0.1, 0.15) is 5.75 Å². The zero-order chi connectivity index (χ0) is 16.9. The first-order chi connectivity index (χ1) is 11.7. The van der Waals surface area contributed by atoms with Crippen molar-refractivity contribution in [1.29, 1.82) is 0 Å². The summed E-state index contributed by atoms with van der Waals surface area (Å²) >= 11 is 0. The van der Waals surface area contributed by atoms with Gasteiger partial charge in [0.15, 0.2) is 6.29 Å². The SMILES string of the molecule is Cc1ccc(N(Cc2ccccc2)c2ccc(C=O)c(O)c2)cc1. The van der Waals surface area contributed by atoms with Crippen molar-refractivity contribution in [3.63, 3.8) is 0 Å². The van der Waals surface area contributed by atoms with Crippen LogP contribution in [0.5, 0.6) is 5.75 Å². The van der Waals surface area contributed by atoms with E-state index in [0.29, 0.717) is 18.4 Å². The number of phenolic OH excluding ortho intramolecular Hbond substituents is 1. The van der Waals surface area contributed by atoms with E-state index in [1.807, 2.05) is 24.3 Å². The average molecular weight is 317 g/mol. The van der Waals surface area contributed by atoms with E-state index in [-0.39, 0.29) is 5.75 Å². The maximum Gasteiger partial charge on any atom is 0.153 e. The topological polar surface area (TPSA) is 40.5 Å². The third-order valence-corrected chi connectivity index (χ3v) is 3.98. The van der Waals surface area contributed by atoms with E-state index in [1.165, 1.54) is 5.56 Å². The molecule has 0 amide bonds. The smallest absolute Gasteiger partial charge is 0.153 e. The zero-order valence-corrected chi connectivity index (χ0v) is 13.5. The molecule has 0 heterocycles. The lowest BCUT2D eigenvalue weighted by atomic mass is 10.1. The van der Waals surface area contributed by atoms with Crippen LogP contribution in [0.4, 0.5) is 11.4 Å². The van der Waals surface area contributed by atoms with Crippen molar-refractivity contribution >= 4 is 17.7 Å². The molecule has 0 aliphatic rings. The minimum absolute atomic E-state index is 0.00678. The Morgan fingerprint density at radius 2 is 1.58 bits per heavy atom. The second kappa shape index (κ2) is 7.01. The fourth-order valence-electron chi connectivity index (χ4n) is 2.62. The fourth-order valence-corrected chi connectivity index (χ4v) is 2.62. The summed E-state index contributed by atoms with van der Waals surface area (Å²) in [6.07, 6.45) is 0.659. The number of carbonyl (C=O) groups excluding carboxylic acids is 1. The number of rotatable bonds is 5. The number of aryl methyl sites for hydroxylation is 1. The Morgan fingerprint density at radius 3 is 2.21 bits per heavy atom. The molecule has 3 nitrogen and oxygen atoms in total. The molecule has 0 aromatic heterocycles. The number of hydrogen-bond acceptors (Lipinski definition) is 3. The molecule has 0 saturated carbocycles. The molecule has 0 unspecified atom stereocenters. The quantitative estimate of drug-likeness (QED) is 0.684. The van der Waals surface area contributed by atoms with Crippen molar-refractivity contribution in [3.8, 4) is 5.75 Å². The van der Waals surface area contributed by atoms with E-state index >= 15 is 0 Å². The molecule has 0 aliphatic heterocycles. The third-order valence-electron chi connectivity index (χ3n) is 3.98. The number of carbonyl (C=O) groups is 1. The van der Waals surface area contributed by atoms with Crippen LogP contribution in [0.1, 0.15) is 21.5 Å². The molecule has 24 heavy (non-hydrogen) atoms. The monoisotopic (exact) mass is 317 g/mol.